The Morgan fingerprint density at radius 2 is 2.41 bits per heavy atom. The van der Waals surface area contributed by atoms with Gasteiger partial charge in [-0.05, 0) is 25.7 Å². The van der Waals surface area contributed by atoms with E-state index in [4.69, 9.17) is 5.11 Å². The lowest BCUT2D eigenvalue weighted by Gasteiger charge is -2.23. The molecule has 1 unspecified atom stereocenters. The van der Waals surface area contributed by atoms with E-state index in [9.17, 15) is 4.79 Å². The van der Waals surface area contributed by atoms with Crippen LogP contribution in [-0.2, 0) is 11.2 Å². The highest BCUT2D eigenvalue weighted by atomic mass is 32.1. The van der Waals surface area contributed by atoms with Crippen molar-refractivity contribution in [3.63, 3.8) is 0 Å². The first kappa shape index (κ1) is 12.4. The van der Waals surface area contributed by atoms with Crippen LogP contribution in [0.15, 0.2) is 5.38 Å². The zero-order valence-electron chi connectivity index (χ0n) is 10.2. The van der Waals surface area contributed by atoms with Crippen molar-refractivity contribution >= 4 is 22.4 Å². The van der Waals surface area contributed by atoms with E-state index < -0.39 is 5.97 Å². The summed E-state index contributed by atoms with van der Waals surface area (Å²) >= 11 is 1.60. The summed E-state index contributed by atoms with van der Waals surface area (Å²) in [6, 6.07) is 0.536. The molecule has 1 heterocycles. The monoisotopic (exact) mass is 254 g/mol. The van der Waals surface area contributed by atoms with Crippen molar-refractivity contribution in [2.45, 2.75) is 38.6 Å². The normalized spacial score (nSPS) is 16.8. The van der Waals surface area contributed by atoms with Gasteiger partial charge < -0.3 is 10.0 Å². The number of anilines is 1. The molecule has 1 fully saturated rings. The average molecular weight is 254 g/mol. The number of carboxylic acids is 1. The van der Waals surface area contributed by atoms with E-state index in [1.165, 1.54) is 12.8 Å². The zero-order chi connectivity index (χ0) is 12.4. The molecule has 1 aromatic rings. The van der Waals surface area contributed by atoms with Crippen molar-refractivity contribution in [1.82, 2.24) is 4.98 Å². The fraction of sp³-hybridized carbons (Fsp3) is 0.667. The van der Waals surface area contributed by atoms with E-state index in [2.05, 4.69) is 23.9 Å². The summed E-state index contributed by atoms with van der Waals surface area (Å²) in [5.41, 5.74) is 0.891. The number of aliphatic carboxylic acids is 1. The van der Waals surface area contributed by atoms with E-state index in [0.29, 0.717) is 12.5 Å². The molecular weight excluding hydrogens is 236 g/mol. The summed E-state index contributed by atoms with van der Waals surface area (Å²) in [6.45, 7) is 2.23. The molecule has 17 heavy (non-hydrogen) atoms. The summed E-state index contributed by atoms with van der Waals surface area (Å²) in [4.78, 5) is 17.2. The van der Waals surface area contributed by atoms with Crippen LogP contribution in [0.5, 0.6) is 0 Å². The number of aryl methyl sites for hydroxylation is 1. The van der Waals surface area contributed by atoms with Crippen LogP contribution in [0.1, 0.15) is 31.9 Å². The van der Waals surface area contributed by atoms with Gasteiger partial charge in [0, 0.05) is 24.9 Å². The van der Waals surface area contributed by atoms with Gasteiger partial charge in [-0.3, -0.25) is 4.79 Å². The molecule has 0 saturated heterocycles. The van der Waals surface area contributed by atoms with Crippen molar-refractivity contribution in [1.29, 1.82) is 0 Å². The van der Waals surface area contributed by atoms with Crippen molar-refractivity contribution in [2.24, 2.45) is 5.92 Å². The van der Waals surface area contributed by atoms with Crippen LogP contribution in [0.4, 0.5) is 5.13 Å². The number of nitrogens with zero attached hydrogens (tertiary/aromatic N) is 2. The predicted octanol–water partition coefficient (Wildman–Crippen LogP) is 2.39. The lowest BCUT2D eigenvalue weighted by molar-refractivity contribution is -0.136. The summed E-state index contributed by atoms with van der Waals surface area (Å²) in [6.07, 6.45) is 3.33. The molecule has 2 rings (SSSR count). The van der Waals surface area contributed by atoms with Crippen LogP contribution in [0, 0.1) is 5.92 Å². The van der Waals surface area contributed by atoms with E-state index in [-0.39, 0.29) is 6.42 Å². The highest BCUT2D eigenvalue weighted by Crippen LogP contribution is 2.36. The Morgan fingerprint density at radius 1 is 1.71 bits per heavy atom. The minimum Gasteiger partial charge on any atom is -0.481 e. The van der Waals surface area contributed by atoms with Gasteiger partial charge in [-0.2, -0.15) is 0 Å². The van der Waals surface area contributed by atoms with Gasteiger partial charge in [0.05, 0.1) is 12.1 Å². The van der Waals surface area contributed by atoms with E-state index in [1.54, 1.807) is 11.3 Å². The quantitative estimate of drug-likeness (QED) is 0.847. The van der Waals surface area contributed by atoms with Gasteiger partial charge in [-0.1, -0.05) is 0 Å². The number of rotatable bonds is 6. The van der Waals surface area contributed by atoms with Crippen LogP contribution >= 0.6 is 11.3 Å². The molecule has 5 heteroatoms. The Balaban J connectivity index is 1.94. The topological polar surface area (TPSA) is 53.4 Å². The maximum atomic E-state index is 10.5. The standard InChI is InChI=1S/C12H18N2O2S/c1-8(9-3-4-9)14(2)12-13-10(7-17-12)5-6-11(15)16/h7-9H,3-6H2,1-2H3,(H,15,16). The number of hydrogen-bond acceptors (Lipinski definition) is 4. The molecule has 1 aromatic heterocycles. The maximum Gasteiger partial charge on any atom is 0.303 e. The summed E-state index contributed by atoms with van der Waals surface area (Å²) in [5.74, 6) is 0.0469. The van der Waals surface area contributed by atoms with Crippen LogP contribution < -0.4 is 4.90 Å². The van der Waals surface area contributed by atoms with Gasteiger partial charge in [0.2, 0.25) is 0 Å². The molecule has 1 aliphatic rings. The smallest absolute Gasteiger partial charge is 0.303 e. The van der Waals surface area contributed by atoms with Crippen molar-refractivity contribution in [3.05, 3.63) is 11.1 Å². The van der Waals surface area contributed by atoms with Gasteiger partial charge in [0.15, 0.2) is 5.13 Å². The Hall–Kier alpha value is -1.10. The summed E-state index contributed by atoms with van der Waals surface area (Å²) in [7, 11) is 2.07. The van der Waals surface area contributed by atoms with E-state index >= 15 is 0 Å². The van der Waals surface area contributed by atoms with E-state index in [1.807, 2.05) is 5.38 Å². The number of carboxylic acid groups (broad SMARTS) is 1. The third kappa shape index (κ3) is 3.19. The molecule has 0 aromatic carbocycles. The Morgan fingerprint density at radius 3 is 3.00 bits per heavy atom. The molecule has 1 atom stereocenters. The fourth-order valence-corrected chi connectivity index (χ4v) is 2.79. The van der Waals surface area contributed by atoms with Crippen LogP contribution in [-0.4, -0.2) is 29.1 Å². The minimum atomic E-state index is -0.765. The highest BCUT2D eigenvalue weighted by molar-refractivity contribution is 7.13. The molecule has 0 radical (unpaired) electrons. The molecule has 0 aliphatic heterocycles. The fourth-order valence-electron chi connectivity index (χ4n) is 1.88. The Bertz CT molecular complexity index is 401. The predicted molar refractivity (Wildman–Crippen MR) is 68.7 cm³/mol. The van der Waals surface area contributed by atoms with Crippen molar-refractivity contribution in [2.75, 3.05) is 11.9 Å². The van der Waals surface area contributed by atoms with Gasteiger partial charge in [0.25, 0.3) is 0 Å². The van der Waals surface area contributed by atoms with Gasteiger partial charge in [-0.15, -0.1) is 11.3 Å². The molecule has 4 nitrogen and oxygen atoms in total. The third-order valence-electron chi connectivity index (χ3n) is 3.35. The molecule has 0 bridgehead atoms. The maximum absolute atomic E-state index is 10.5. The number of hydrogen-bond donors (Lipinski definition) is 1. The summed E-state index contributed by atoms with van der Waals surface area (Å²) < 4.78 is 0. The lowest BCUT2D eigenvalue weighted by atomic mass is 10.2. The molecule has 1 N–H and O–H groups in total. The molecule has 1 saturated carbocycles. The third-order valence-corrected chi connectivity index (χ3v) is 4.33. The number of thiazole rings is 1. The largest absolute Gasteiger partial charge is 0.481 e. The Kier molecular flexibility index (Phi) is 3.66. The summed E-state index contributed by atoms with van der Waals surface area (Å²) in [5, 5.41) is 11.6. The van der Waals surface area contributed by atoms with Crippen LogP contribution in [0.3, 0.4) is 0 Å². The number of carbonyl (C=O) groups is 1. The second-order valence-corrected chi connectivity index (χ2v) is 5.54. The molecule has 94 valence electrons. The first-order chi connectivity index (χ1) is 8.08. The Labute approximate surface area is 105 Å². The van der Waals surface area contributed by atoms with Crippen molar-refractivity contribution < 1.29 is 9.90 Å². The second kappa shape index (κ2) is 5.04. The zero-order valence-corrected chi connectivity index (χ0v) is 11.0. The molecule has 0 amide bonds. The van der Waals surface area contributed by atoms with E-state index in [0.717, 1.165) is 16.7 Å². The number of aromatic nitrogens is 1. The molecule has 0 spiro atoms. The second-order valence-electron chi connectivity index (χ2n) is 4.70. The minimum absolute atomic E-state index is 0.158. The SMILES string of the molecule is CC(C1CC1)N(C)c1nc(CCC(=O)O)cs1. The van der Waals surface area contributed by atoms with Gasteiger partial charge in [0.1, 0.15) is 0 Å². The van der Waals surface area contributed by atoms with Gasteiger partial charge in [-0.25, -0.2) is 4.98 Å². The lowest BCUT2D eigenvalue weighted by Crippen LogP contribution is -2.30. The molecular formula is C12H18N2O2S. The highest BCUT2D eigenvalue weighted by Gasteiger charge is 2.31. The molecule has 1 aliphatic carbocycles. The van der Waals surface area contributed by atoms with Crippen LogP contribution in [0.2, 0.25) is 0 Å². The van der Waals surface area contributed by atoms with Crippen LogP contribution in [0.25, 0.3) is 0 Å². The first-order valence-electron chi connectivity index (χ1n) is 5.97. The first-order valence-corrected chi connectivity index (χ1v) is 6.85. The average Bonchev–Trinajstić information content (AvgIpc) is 3.03. The van der Waals surface area contributed by atoms with Gasteiger partial charge >= 0.3 is 5.97 Å². The van der Waals surface area contributed by atoms with Crippen molar-refractivity contribution in [3.8, 4) is 0 Å².